The maximum absolute atomic E-state index is 11.8. The molecule has 7 heteroatoms. The van der Waals surface area contributed by atoms with E-state index in [-0.39, 0.29) is 17.9 Å². The van der Waals surface area contributed by atoms with Gasteiger partial charge in [-0.1, -0.05) is 6.07 Å². The molecule has 0 saturated carbocycles. The minimum atomic E-state index is -2.48. The summed E-state index contributed by atoms with van der Waals surface area (Å²) in [5.74, 6) is -0.620. The molecule has 5 nitrogen and oxygen atoms in total. The Bertz CT molecular complexity index is 413. The highest BCUT2D eigenvalue weighted by molar-refractivity contribution is 6.00. The zero-order valence-electron chi connectivity index (χ0n) is 9.66. The lowest BCUT2D eigenvalue weighted by molar-refractivity contribution is 0.0215. The summed E-state index contributed by atoms with van der Waals surface area (Å²) in [5.41, 5.74) is 11.8. The topological polar surface area (TPSA) is 90.4 Å². The average Bonchev–Trinajstić information content (AvgIpc) is 2.30. The van der Waals surface area contributed by atoms with Crippen LogP contribution in [0.5, 0.6) is 0 Å². The number of rotatable bonds is 7. The largest absolute Gasteiger partial charge is 0.396 e. The van der Waals surface area contributed by atoms with Crippen LogP contribution >= 0.6 is 0 Å². The summed E-state index contributed by atoms with van der Waals surface area (Å²) in [4.78, 5) is 11.0. The number of anilines is 2. The van der Waals surface area contributed by atoms with Gasteiger partial charge < -0.3 is 21.5 Å². The van der Waals surface area contributed by atoms with Crippen molar-refractivity contribution in [3.05, 3.63) is 23.8 Å². The molecule has 1 amide bonds. The van der Waals surface area contributed by atoms with Gasteiger partial charge in [-0.2, -0.15) is 0 Å². The van der Waals surface area contributed by atoms with Gasteiger partial charge in [-0.25, -0.2) is 8.78 Å². The average molecular weight is 259 g/mol. The van der Waals surface area contributed by atoms with Crippen LogP contribution in [0.4, 0.5) is 20.2 Å². The number of benzene rings is 1. The smallest absolute Gasteiger partial charge is 0.261 e. The molecule has 18 heavy (non-hydrogen) atoms. The minimum Gasteiger partial charge on any atom is -0.396 e. The Morgan fingerprint density at radius 3 is 2.78 bits per heavy atom. The molecule has 0 aromatic heterocycles. The number of alkyl halides is 2. The SMILES string of the molecule is NC(=O)c1cccc(NCCOCC(F)F)c1N. The van der Waals surface area contributed by atoms with Crippen LogP contribution in [0.1, 0.15) is 10.4 Å². The zero-order chi connectivity index (χ0) is 13.5. The van der Waals surface area contributed by atoms with E-state index >= 15 is 0 Å². The molecule has 100 valence electrons. The predicted octanol–water partition coefficient (Wildman–Crippen LogP) is 1.06. The fraction of sp³-hybridized carbons (Fsp3) is 0.364. The van der Waals surface area contributed by atoms with E-state index in [0.29, 0.717) is 12.2 Å². The van der Waals surface area contributed by atoms with E-state index < -0.39 is 18.9 Å². The lowest BCUT2D eigenvalue weighted by atomic mass is 10.1. The van der Waals surface area contributed by atoms with E-state index in [1.165, 1.54) is 6.07 Å². The fourth-order valence-corrected chi connectivity index (χ4v) is 1.36. The Kier molecular flexibility index (Phi) is 5.31. The standard InChI is InChI=1S/C11H15F2N3O2/c12-9(13)6-18-5-4-16-8-3-1-2-7(10(8)14)11(15)17/h1-3,9,16H,4-6,14H2,(H2,15,17). The molecular formula is C11H15F2N3O2. The van der Waals surface area contributed by atoms with Gasteiger partial charge in [0, 0.05) is 6.54 Å². The quantitative estimate of drug-likeness (QED) is 0.504. The van der Waals surface area contributed by atoms with E-state index in [2.05, 4.69) is 10.1 Å². The van der Waals surface area contributed by atoms with Crippen molar-refractivity contribution in [1.82, 2.24) is 0 Å². The van der Waals surface area contributed by atoms with Gasteiger partial charge in [0.15, 0.2) is 0 Å². The van der Waals surface area contributed by atoms with Crippen LogP contribution in [0, 0.1) is 0 Å². The summed E-state index contributed by atoms with van der Waals surface area (Å²) in [6, 6.07) is 4.80. The lowest BCUT2D eigenvalue weighted by Gasteiger charge is -2.11. The highest BCUT2D eigenvalue weighted by Gasteiger charge is 2.08. The number of para-hydroxylation sites is 1. The normalized spacial score (nSPS) is 10.6. The second kappa shape index (κ2) is 6.75. The maximum atomic E-state index is 11.8. The number of nitrogen functional groups attached to an aromatic ring is 1. The predicted molar refractivity (Wildman–Crippen MR) is 64.7 cm³/mol. The number of ether oxygens (including phenoxy) is 1. The Morgan fingerprint density at radius 2 is 2.17 bits per heavy atom. The van der Waals surface area contributed by atoms with Crippen molar-refractivity contribution in [3.63, 3.8) is 0 Å². The first-order chi connectivity index (χ1) is 8.52. The molecule has 0 unspecified atom stereocenters. The number of carbonyl (C=O) groups is 1. The van der Waals surface area contributed by atoms with Crippen LogP contribution < -0.4 is 16.8 Å². The number of primary amides is 1. The second-order valence-corrected chi connectivity index (χ2v) is 3.52. The number of amides is 1. The van der Waals surface area contributed by atoms with E-state index in [1.807, 2.05) is 0 Å². The van der Waals surface area contributed by atoms with Gasteiger partial charge in [-0.05, 0) is 12.1 Å². The molecule has 0 bridgehead atoms. The first kappa shape index (κ1) is 14.2. The Labute approximate surface area is 103 Å². The van der Waals surface area contributed by atoms with Crippen LogP contribution in [0.15, 0.2) is 18.2 Å². The zero-order valence-corrected chi connectivity index (χ0v) is 9.66. The highest BCUT2D eigenvalue weighted by atomic mass is 19.3. The molecule has 0 fully saturated rings. The first-order valence-corrected chi connectivity index (χ1v) is 5.30. The van der Waals surface area contributed by atoms with Crippen molar-refractivity contribution < 1.29 is 18.3 Å². The molecule has 5 N–H and O–H groups in total. The van der Waals surface area contributed by atoms with Crippen LogP contribution in [0.25, 0.3) is 0 Å². The van der Waals surface area contributed by atoms with Gasteiger partial charge in [0.1, 0.15) is 6.61 Å². The number of hydrogen-bond donors (Lipinski definition) is 3. The Hall–Kier alpha value is -1.89. The van der Waals surface area contributed by atoms with E-state index in [0.717, 1.165) is 0 Å². The maximum Gasteiger partial charge on any atom is 0.261 e. The monoisotopic (exact) mass is 259 g/mol. The summed E-state index contributed by atoms with van der Waals surface area (Å²) in [7, 11) is 0. The number of nitrogens with two attached hydrogens (primary N) is 2. The van der Waals surface area contributed by atoms with Crippen LogP contribution in [0.2, 0.25) is 0 Å². The third-order valence-electron chi connectivity index (χ3n) is 2.18. The molecular weight excluding hydrogens is 244 g/mol. The Balaban J connectivity index is 2.48. The summed E-state index contributed by atoms with van der Waals surface area (Å²) in [6.45, 7) is -0.178. The van der Waals surface area contributed by atoms with Crippen LogP contribution in [-0.2, 0) is 4.74 Å². The minimum absolute atomic E-state index is 0.116. The van der Waals surface area contributed by atoms with Crippen molar-refractivity contribution in [1.29, 1.82) is 0 Å². The van der Waals surface area contributed by atoms with E-state index in [9.17, 15) is 13.6 Å². The first-order valence-electron chi connectivity index (χ1n) is 5.30. The summed E-state index contributed by atoms with van der Waals surface area (Å²) >= 11 is 0. The van der Waals surface area contributed by atoms with Crippen molar-refractivity contribution in [2.45, 2.75) is 6.43 Å². The van der Waals surface area contributed by atoms with Gasteiger partial charge in [0.25, 0.3) is 12.3 Å². The number of hydrogen-bond acceptors (Lipinski definition) is 4. The third-order valence-corrected chi connectivity index (χ3v) is 2.18. The van der Waals surface area contributed by atoms with Crippen molar-refractivity contribution in [3.8, 4) is 0 Å². The van der Waals surface area contributed by atoms with E-state index in [1.54, 1.807) is 12.1 Å². The molecule has 1 rings (SSSR count). The Morgan fingerprint density at radius 1 is 1.44 bits per heavy atom. The molecule has 1 aromatic rings. The molecule has 0 atom stereocenters. The highest BCUT2D eigenvalue weighted by Crippen LogP contribution is 2.21. The number of halogens is 2. The molecule has 1 aromatic carbocycles. The number of carbonyl (C=O) groups excluding carboxylic acids is 1. The lowest BCUT2D eigenvalue weighted by Crippen LogP contribution is -2.17. The van der Waals surface area contributed by atoms with Gasteiger partial charge in [0.2, 0.25) is 0 Å². The molecule has 0 heterocycles. The van der Waals surface area contributed by atoms with Gasteiger partial charge in [-0.15, -0.1) is 0 Å². The van der Waals surface area contributed by atoms with Crippen molar-refractivity contribution in [2.24, 2.45) is 5.73 Å². The van der Waals surface area contributed by atoms with Crippen LogP contribution in [-0.4, -0.2) is 32.1 Å². The van der Waals surface area contributed by atoms with Crippen molar-refractivity contribution >= 4 is 17.3 Å². The molecule has 0 aliphatic heterocycles. The third kappa shape index (κ3) is 4.17. The molecule has 0 aliphatic rings. The summed E-state index contributed by atoms with van der Waals surface area (Å²) < 4.78 is 28.2. The van der Waals surface area contributed by atoms with Crippen molar-refractivity contribution in [2.75, 3.05) is 30.8 Å². The van der Waals surface area contributed by atoms with Gasteiger partial charge >= 0.3 is 0 Å². The van der Waals surface area contributed by atoms with Gasteiger partial charge in [0.05, 0.1) is 23.5 Å². The summed E-state index contributed by atoms with van der Waals surface area (Å²) in [6.07, 6.45) is -2.48. The number of nitrogens with one attached hydrogen (secondary N) is 1. The molecule has 0 saturated heterocycles. The summed E-state index contributed by atoms with van der Waals surface area (Å²) in [5, 5.41) is 2.88. The second-order valence-electron chi connectivity index (χ2n) is 3.52. The van der Waals surface area contributed by atoms with E-state index in [4.69, 9.17) is 11.5 Å². The molecule has 0 radical (unpaired) electrons. The van der Waals surface area contributed by atoms with Gasteiger partial charge in [-0.3, -0.25) is 4.79 Å². The van der Waals surface area contributed by atoms with Crippen LogP contribution in [0.3, 0.4) is 0 Å². The fourth-order valence-electron chi connectivity index (χ4n) is 1.36. The molecule has 0 spiro atoms. The molecule has 0 aliphatic carbocycles.